The topological polar surface area (TPSA) is 29.1 Å². The predicted molar refractivity (Wildman–Crippen MR) is 47.0 cm³/mol. The first kappa shape index (κ1) is 7.62. The average molecular weight is 182 g/mol. The summed E-state index contributed by atoms with van der Waals surface area (Å²) < 4.78 is 0. The summed E-state index contributed by atoms with van der Waals surface area (Å²) in [4.78, 5) is 10.6. The minimum Gasteiger partial charge on any atom is -0.349 e. The van der Waals surface area contributed by atoms with E-state index in [0.717, 1.165) is 10.6 Å². The predicted octanol–water partition coefficient (Wildman–Crippen LogP) is 1.90. The molecule has 1 saturated heterocycles. The molecular formula is C9H8ClNO. The van der Waals surface area contributed by atoms with Gasteiger partial charge in [-0.2, -0.15) is 0 Å². The van der Waals surface area contributed by atoms with Crippen molar-refractivity contribution in [2.75, 3.05) is 0 Å². The van der Waals surface area contributed by atoms with Gasteiger partial charge in [-0.3, -0.25) is 4.79 Å². The zero-order chi connectivity index (χ0) is 8.55. The molecule has 2 rings (SSSR count). The first-order chi connectivity index (χ1) is 5.75. The highest BCUT2D eigenvalue weighted by molar-refractivity contribution is 6.30. The van der Waals surface area contributed by atoms with Crippen LogP contribution in [0.4, 0.5) is 0 Å². The normalized spacial score (nSPS) is 21.4. The molecule has 1 aliphatic rings. The molecule has 1 aliphatic heterocycles. The Hall–Kier alpha value is -1.02. The highest BCUT2D eigenvalue weighted by atomic mass is 35.5. The number of rotatable bonds is 1. The Balaban J connectivity index is 2.14. The Labute approximate surface area is 75.5 Å². The summed E-state index contributed by atoms with van der Waals surface area (Å²) in [5.41, 5.74) is 1.12. The van der Waals surface area contributed by atoms with Crippen LogP contribution in [-0.4, -0.2) is 5.91 Å². The zero-order valence-electron chi connectivity index (χ0n) is 6.38. The molecule has 0 aromatic heterocycles. The summed E-state index contributed by atoms with van der Waals surface area (Å²) in [7, 11) is 0. The van der Waals surface area contributed by atoms with Crippen LogP contribution < -0.4 is 5.32 Å². The van der Waals surface area contributed by atoms with E-state index in [1.807, 2.05) is 24.3 Å². The van der Waals surface area contributed by atoms with Crippen molar-refractivity contribution in [3.63, 3.8) is 0 Å². The number of carbonyl (C=O) groups is 1. The van der Waals surface area contributed by atoms with Gasteiger partial charge in [0.15, 0.2) is 0 Å². The van der Waals surface area contributed by atoms with Crippen LogP contribution in [0.5, 0.6) is 0 Å². The smallest absolute Gasteiger partial charge is 0.222 e. The van der Waals surface area contributed by atoms with E-state index in [1.165, 1.54) is 0 Å². The molecular weight excluding hydrogens is 174 g/mol. The number of nitrogens with one attached hydrogen (secondary N) is 1. The molecule has 1 N–H and O–H groups in total. The standard InChI is InChI=1S/C9H8ClNO/c10-7-3-1-6(2-4-7)8-5-9(12)11-8/h1-4,8H,5H2,(H,11,12)/t8-/m0/s1. The first-order valence-electron chi connectivity index (χ1n) is 3.80. The Morgan fingerprint density at radius 3 is 2.42 bits per heavy atom. The quantitative estimate of drug-likeness (QED) is 0.659. The van der Waals surface area contributed by atoms with E-state index in [9.17, 15) is 4.79 Å². The van der Waals surface area contributed by atoms with Gasteiger partial charge >= 0.3 is 0 Å². The molecule has 0 bridgehead atoms. The van der Waals surface area contributed by atoms with Crippen molar-refractivity contribution < 1.29 is 4.79 Å². The Bertz CT molecular complexity index is 299. The van der Waals surface area contributed by atoms with Gasteiger partial charge in [-0.05, 0) is 17.7 Å². The highest BCUT2D eigenvalue weighted by Crippen LogP contribution is 2.24. The zero-order valence-corrected chi connectivity index (χ0v) is 7.14. The second-order valence-electron chi connectivity index (χ2n) is 2.88. The van der Waals surface area contributed by atoms with Crippen LogP contribution in [0.1, 0.15) is 18.0 Å². The van der Waals surface area contributed by atoms with Crippen molar-refractivity contribution in [1.29, 1.82) is 0 Å². The Kier molecular flexibility index (Phi) is 1.77. The molecule has 1 aromatic carbocycles. The van der Waals surface area contributed by atoms with Gasteiger partial charge in [-0.1, -0.05) is 23.7 Å². The van der Waals surface area contributed by atoms with E-state index >= 15 is 0 Å². The van der Waals surface area contributed by atoms with E-state index < -0.39 is 0 Å². The molecule has 0 unspecified atom stereocenters. The number of amides is 1. The number of carbonyl (C=O) groups excluding carboxylic acids is 1. The molecule has 3 heteroatoms. The lowest BCUT2D eigenvalue weighted by Crippen LogP contribution is -2.41. The van der Waals surface area contributed by atoms with Crippen molar-refractivity contribution in [3.05, 3.63) is 34.9 Å². The molecule has 1 amide bonds. The van der Waals surface area contributed by atoms with Crippen molar-refractivity contribution in [1.82, 2.24) is 5.32 Å². The minimum absolute atomic E-state index is 0.120. The fraction of sp³-hybridized carbons (Fsp3) is 0.222. The lowest BCUT2D eigenvalue weighted by atomic mass is 9.98. The molecule has 1 aromatic rings. The molecule has 1 atom stereocenters. The monoisotopic (exact) mass is 181 g/mol. The van der Waals surface area contributed by atoms with Gasteiger partial charge in [0.2, 0.25) is 5.91 Å². The fourth-order valence-corrected chi connectivity index (χ4v) is 1.38. The molecule has 1 heterocycles. The van der Waals surface area contributed by atoms with E-state index in [0.29, 0.717) is 6.42 Å². The van der Waals surface area contributed by atoms with E-state index in [1.54, 1.807) is 0 Å². The molecule has 1 fully saturated rings. The van der Waals surface area contributed by atoms with Crippen LogP contribution in [0.15, 0.2) is 24.3 Å². The van der Waals surface area contributed by atoms with Gasteiger partial charge < -0.3 is 5.32 Å². The maximum Gasteiger partial charge on any atom is 0.222 e. The number of benzene rings is 1. The highest BCUT2D eigenvalue weighted by Gasteiger charge is 2.26. The van der Waals surface area contributed by atoms with Crippen LogP contribution in [0.2, 0.25) is 5.02 Å². The number of halogens is 1. The third-order valence-corrected chi connectivity index (χ3v) is 2.25. The van der Waals surface area contributed by atoms with E-state index in [-0.39, 0.29) is 11.9 Å². The summed E-state index contributed by atoms with van der Waals surface area (Å²) in [5.74, 6) is 0.120. The van der Waals surface area contributed by atoms with E-state index in [2.05, 4.69) is 5.32 Å². The van der Waals surface area contributed by atoms with Crippen LogP contribution in [0.25, 0.3) is 0 Å². The first-order valence-corrected chi connectivity index (χ1v) is 4.18. The summed E-state index contributed by atoms with van der Waals surface area (Å²) in [6, 6.07) is 7.75. The fourth-order valence-electron chi connectivity index (χ4n) is 1.25. The molecule has 62 valence electrons. The largest absolute Gasteiger partial charge is 0.349 e. The second kappa shape index (κ2) is 2.79. The molecule has 12 heavy (non-hydrogen) atoms. The van der Waals surface area contributed by atoms with Crippen LogP contribution in [0, 0.1) is 0 Å². The number of β-lactam (4-membered cyclic amide) rings is 1. The summed E-state index contributed by atoms with van der Waals surface area (Å²) >= 11 is 5.72. The molecule has 0 saturated carbocycles. The van der Waals surface area contributed by atoms with Crippen molar-refractivity contribution >= 4 is 17.5 Å². The van der Waals surface area contributed by atoms with Gasteiger partial charge in [0.1, 0.15) is 0 Å². The molecule has 0 aliphatic carbocycles. The Morgan fingerprint density at radius 2 is 1.92 bits per heavy atom. The van der Waals surface area contributed by atoms with Crippen molar-refractivity contribution in [2.24, 2.45) is 0 Å². The van der Waals surface area contributed by atoms with Crippen molar-refractivity contribution in [3.8, 4) is 0 Å². The van der Waals surface area contributed by atoms with Gasteiger partial charge in [0, 0.05) is 5.02 Å². The average Bonchev–Trinajstić information content (AvgIpc) is 2.01. The molecule has 0 spiro atoms. The molecule has 0 radical (unpaired) electrons. The maximum absolute atomic E-state index is 10.6. The lowest BCUT2D eigenvalue weighted by molar-refractivity contribution is -0.128. The van der Waals surface area contributed by atoms with Crippen molar-refractivity contribution in [2.45, 2.75) is 12.5 Å². The summed E-state index contributed by atoms with van der Waals surface area (Å²) in [5, 5.41) is 3.52. The third kappa shape index (κ3) is 1.30. The van der Waals surface area contributed by atoms with Crippen LogP contribution >= 0.6 is 11.6 Å². The van der Waals surface area contributed by atoms with E-state index in [4.69, 9.17) is 11.6 Å². The maximum atomic E-state index is 10.6. The molecule has 2 nitrogen and oxygen atoms in total. The van der Waals surface area contributed by atoms with Crippen LogP contribution in [0.3, 0.4) is 0 Å². The summed E-state index contributed by atoms with van der Waals surface area (Å²) in [6.07, 6.45) is 0.599. The number of hydrogen-bond acceptors (Lipinski definition) is 1. The summed E-state index contributed by atoms with van der Waals surface area (Å²) in [6.45, 7) is 0. The lowest BCUT2D eigenvalue weighted by Gasteiger charge is -2.27. The Morgan fingerprint density at radius 1 is 1.33 bits per heavy atom. The van der Waals surface area contributed by atoms with Gasteiger partial charge in [0.05, 0.1) is 12.5 Å². The third-order valence-electron chi connectivity index (χ3n) is 2.00. The van der Waals surface area contributed by atoms with Gasteiger partial charge in [-0.25, -0.2) is 0 Å². The second-order valence-corrected chi connectivity index (χ2v) is 3.31. The van der Waals surface area contributed by atoms with Gasteiger partial charge in [0.25, 0.3) is 0 Å². The van der Waals surface area contributed by atoms with Crippen LogP contribution in [-0.2, 0) is 4.79 Å². The minimum atomic E-state index is 0.120. The SMILES string of the molecule is O=C1C[C@@H](c2ccc(Cl)cc2)N1. The number of hydrogen-bond donors (Lipinski definition) is 1. The van der Waals surface area contributed by atoms with Gasteiger partial charge in [-0.15, -0.1) is 0 Å².